The molecular formula is C13H19N5O. The predicted octanol–water partition coefficient (Wildman–Crippen LogP) is 2.19. The van der Waals surface area contributed by atoms with Gasteiger partial charge in [0.05, 0.1) is 7.11 Å². The van der Waals surface area contributed by atoms with E-state index in [-0.39, 0.29) is 0 Å². The molecule has 2 rings (SSSR count). The van der Waals surface area contributed by atoms with Crippen LogP contribution >= 0.6 is 0 Å². The summed E-state index contributed by atoms with van der Waals surface area (Å²) in [5.74, 6) is 2.13. The molecule has 1 N–H and O–H groups in total. The van der Waals surface area contributed by atoms with E-state index in [4.69, 9.17) is 4.74 Å². The van der Waals surface area contributed by atoms with Crippen LogP contribution in [0.15, 0.2) is 18.7 Å². The lowest BCUT2D eigenvalue weighted by atomic mass is 10.3. The molecule has 2 aromatic rings. The molecule has 6 nitrogen and oxygen atoms in total. The first kappa shape index (κ1) is 13.3. The molecule has 0 bridgehead atoms. The van der Waals surface area contributed by atoms with E-state index >= 15 is 0 Å². The lowest BCUT2D eigenvalue weighted by molar-refractivity contribution is 0.414. The van der Waals surface area contributed by atoms with Crippen LogP contribution in [0.25, 0.3) is 11.5 Å². The van der Waals surface area contributed by atoms with E-state index in [0.29, 0.717) is 17.3 Å². The molecule has 102 valence electrons. The SMILES string of the molecule is CCCn1ccnc1-c1ncnc(NCC)c1OC. The molecule has 0 amide bonds. The second kappa shape index (κ2) is 6.17. The monoisotopic (exact) mass is 261 g/mol. The topological polar surface area (TPSA) is 64.9 Å². The van der Waals surface area contributed by atoms with Gasteiger partial charge in [0.15, 0.2) is 23.1 Å². The smallest absolute Gasteiger partial charge is 0.190 e. The molecule has 6 heteroatoms. The van der Waals surface area contributed by atoms with E-state index in [9.17, 15) is 0 Å². The van der Waals surface area contributed by atoms with Crippen LogP contribution in [0.2, 0.25) is 0 Å². The Morgan fingerprint density at radius 1 is 1.26 bits per heavy atom. The summed E-state index contributed by atoms with van der Waals surface area (Å²) >= 11 is 0. The molecule has 19 heavy (non-hydrogen) atoms. The maximum absolute atomic E-state index is 5.45. The van der Waals surface area contributed by atoms with Gasteiger partial charge in [0, 0.05) is 25.5 Å². The Bertz CT molecular complexity index is 538. The summed E-state index contributed by atoms with van der Waals surface area (Å²) in [5, 5.41) is 3.17. The van der Waals surface area contributed by atoms with Crippen LogP contribution in [0, 0.1) is 0 Å². The van der Waals surface area contributed by atoms with Crippen molar-refractivity contribution in [1.29, 1.82) is 0 Å². The molecule has 2 aromatic heterocycles. The number of hydrogen-bond donors (Lipinski definition) is 1. The van der Waals surface area contributed by atoms with Gasteiger partial charge in [-0.25, -0.2) is 15.0 Å². The van der Waals surface area contributed by atoms with Crippen molar-refractivity contribution in [1.82, 2.24) is 19.5 Å². The van der Waals surface area contributed by atoms with Crippen molar-refractivity contribution in [2.24, 2.45) is 0 Å². The second-order valence-corrected chi connectivity index (χ2v) is 4.08. The number of ether oxygens (including phenoxy) is 1. The third kappa shape index (κ3) is 2.67. The summed E-state index contributed by atoms with van der Waals surface area (Å²) in [6.07, 6.45) is 6.30. The zero-order valence-electron chi connectivity index (χ0n) is 11.6. The van der Waals surface area contributed by atoms with Gasteiger partial charge in [0.2, 0.25) is 0 Å². The van der Waals surface area contributed by atoms with Gasteiger partial charge >= 0.3 is 0 Å². The molecule has 0 aromatic carbocycles. The lowest BCUT2D eigenvalue weighted by Crippen LogP contribution is -2.06. The first-order chi connectivity index (χ1) is 9.31. The van der Waals surface area contributed by atoms with E-state index in [1.54, 1.807) is 13.3 Å². The maximum Gasteiger partial charge on any atom is 0.190 e. The molecule has 0 aliphatic heterocycles. The van der Waals surface area contributed by atoms with Gasteiger partial charge in [0.1, 0.15) is 6.33 Å². The molecular weight excluding hydrogens is 242 g/mol. The van der Waals surface area contributed by atoms with Crippen molar-refractivity contribution >= 4 is 5.82 Å². The van der Waals surface area contributed by atoms with Gasteiger partial charge in [-0.3, -0.25) is 0 Å². The molecule has 0 saturated carbocycles. The zero-order chi connectivity index (χ0) is 13.7. The van der Waals surface area contributed by atoms with Crippen LogP contribution in [0.3, 0.4) is 0 Å². The Morgan fingerprint density at radius 2 is 2.11 bits per heavy atom. The fourth-order valence-electron chi connectivity index (χ4n) is 1.97. The average Bonchev–Trinajstić information content (AvgIpc) is 2.87. The van der Waals surface area contributed by atoms with Gasteiger partial charge in [-0.2, -0.15) is 0 Å². The Hall–Kier alpha value is -2.11. The highest BCUT2D eigenvalue weighted by Gasteiger charge is 2.17. The van der Waals surface area contributed by atoms with Crippen molar-refractivity contribution in [3.63, 3.8) is 0 Å². The minimum atomic E-state index is 0.632. The van der Waals surface area contributed by atoms with E-state index in [0.717, 1.165) is 25.3 Å². The molecule has 0 unspecified atom stereocenters. The quantitative estimate of drug-likeness (QED) is 0.863. The maximum atomic E-state index is 5.45. The van der Waals surface area contributed by atoms with Crippen LogP contribution in [0.5, 0.6) is 5.75 Å². The molecule has 2 heterocycles. The van der Waals surface area contributed by atoms with E-state index in [1.165, 1.54) is 6.33 Å². The minimum absolute atomic E-state index is 0.632. The van der Waals surface area contributed by atoms with E-state index in [2.05, 4.69) is 31.8 Å². The number of imidazole rings is 1. The molecule has 0 radical (unpaired) electrons. The number of nitrogens with one attached hydrogen (secondary N) is 1. The fraction of sp³-hybridized carbons (Fsp3) is 0.462. The number of rotatable bonds is 6. The average molecular weight is 261 g/mol. The molecule has 0 aliphatic carbocycles. The molecule has 0 atom stereocenters. The van der Waals surface area contributed by atoms with Crippen LogP contribution in [-0.4, -0.2) is 33.2 Å². The van der Waals surface area contributed by atoms with Crippen molar-refractivity contribution in [3.8, 4) is 17.3 Å². The summed E-state index contributed by atoms with van der Waals surface area (Å²) in [7, 11) is 1.62. The third-order valence-corrected chi connectivity index (χ3v) is 2.74. The molecule has 0 spiro atoms. The highest BCUT2D eigenvalue weighted by Crippen LogP contribution is 2.31. The highest BCUT2D eigenvalue weighted by molar-refractivity contribution is 5.68. The first-order valence-electron chi connectivity index (χ1n) is 6.46. The Kier molecular flexibility index (Phi) is 4.33. The predicted molar refractivity (Wildman–Crippen MR) is 74.3 cm³/mol. The largest absolute Gasteiger partial charge is 0.491 e. The van der Waals surface area contributed by atoms with Crippen molar-refractivity contribution < 1.29 is 4.74 Å². The van der Waals surface area contributed by atoms with Gasteiger partial charge < -0.3 is 14.6 Å². The number of methoxy groups -OCH3 is 1. The molecule has 0 fully saturated rings. The van der Waals surface area contributed by atoms with Crippen molar-refractivity contribution in [2.45, 2.75) is 26.8 Å². The standard InChI is InChI=1S/C13H19N5O/c1-4-7-18-8-6-15-13(18)10-11(19-3)12(14-5-2)17-9-16-10/h6,8-9H,4-5,7H2,1-3H3,(H,14,16,17). The number of nitrogens with zero attached hydrogens (tertiary/aromatic N) is 4. The normalized spacial score (nSPS) is 10.5. The van der Waals surface area contributed by atoms with Crippen LogP contribution in [0.1, 0.15) is 20.3 Å². The molecule has 0 aliphatic rings. The number of anilines is 1. The Morgan fingerprint density at radius 3 is 2.79 bits per heavy atom. The van der Waals surface area contributed by atoms with E-state index < -0.39 is 0 Å². The zero-order valence-corrected chi connectivity index (χ0v) is 11.6. The lowest BCUT2D eigenvalue weighted by Gasteiger charge is -2.13. The third-order valence-electron chi connectivity index (χ3n) is 2.74. The summed E-state index contributed by atoms with van der Waals surface area (Å²) in [6, 6.07) is 0. The molecule has 0 saturated heterocycles. The second-order valence-electron chi connectivity index (χ2n) is 4.08. The number of aromatic nitrogens is 4. The fourth-order valence-corrected chi connectivity index (χ4v) is 1.97. The van der Waals surface area contributed by atoms with Gasteiger partial charge in [0.25, 0.3) is 0 Å². The summed E-state index contributed by atoms with van der Waals surface area (Å²) in [4.78, 5) is 12.9. The highest BCUT2D eigenvalue weighted by atomic mass is 16.5. The van der Waals surface area contributed by atoms with Crippen molar-refractivity contribution in [3.05, 3.63) is 18.7 Å². The van der Waals surface area contributed by atoms with E-state index in [1.807, 2.05) is 13.1 Å². The Balaban J connectivity index is 2.48. The number of aryl methyl sites for hydroxylation is 1. The van der Waals surface area contributed by atoms with Gasteiger partial charge in [-0.05, 0) is 13.3 Å². The van der Waals surface area contributed by atoms with Gasteiger partial charge in [-0.15, -0.1) is 0 Å². The minimum Gasteiger partial charge on any atom is -0.491 e. The first-order valence-corrected chi connectivity index (χ1v) is 6.46. The van der Waals surface area contributed by atoms with Crippen molar-refractivity contribution in [2.75, 3.05) is 19.0 Å². The Labute approximate surface area is 112 Å². The van der Waals surface area contributed by atoms with Crippen LogP contribution in [-0.2, 0) is 6.54 Å². The van der Waals surface area contributed by atoms with Gasteiger partial charge in [-0.1, -0.05) is 6.92 Å². The van der Waals surface area contributed by atoms with Crippen LogP contribution in [0.4, 0.5) is 5.82 Å². The van der Waals surface area contributed by atoms with Crippen LogP contribution < -0.4 is 10.1 Å². The number of hydrogen-bond acceptors (Lipinski definition) is 5. The summed E-state index contributed by atoms with van der Waals surface area (Å²) in [6.45, 7) is 5.82. The summed E-state index contributed by atoms with van der Waals surface area (Å²) in [5.41, 5.74) is 0.715. The summed E-state index contributed by atoms with van der Waals surface area (Å²) < 4.78 is 7.52.